The maximum absolute atomic E-state index is 5.67. The number of benzene rings is 1. The van der Waals surface area contributed by atoms with Crippen molar-refractivity contribution in [2.45, 2.75) is 18.9 Å². The highest BCUT2D eigenvalue weighted by molar-refractivity contribution is 9.10. The summed E-state index contributed by atoms with van der Waals surface area (Å²) in [6, 6.07) is 6.90. The van der Waals surface area contributed by atoms with Gasteiger partial charge in [-0.2, -0.15) is 0 Å². The van der Waals surface area contributed by atoms with Gasteiger partial charge in [0, 0.05) is 23.8 Å². The first-order chi connectivity index (χ1) is 8.22. The molecule has 0 radical (unpaired) electrons. The van der Waals surface area contributed by atoms with E-state index in [1.807, 2.05) is 0 Å². The van der Waals surface area contributed by atoms with E-state index in [9.17, 15) is 0 Å². The summed E-state index contributed by atoms with van der Waals surface area (Å²) in [6.45, 7) is 2.38. The first-order valence-electron chi connectivity index (χ1n) is 6.01. The van der Waals surface area contributed by atoms with Gasteiger partial charge in [-0.05, 0) is 43.1 Å². The van der Waals surface area contributed by atoms with Gasteiger partial charge in [0.25, 0.3) is 0 Å². The Morgan fingerprint density at radius 1 is 1.53 bits per heavy atom. The molecular formula is C13H19BrN2O. The molecule has 0 bridgehead atoms. The van der Waals surface area contributed by atoms with Crippen LogP contribution in [0, 0.1) is 0 Å². The molecule has 1 fully saturated rings. The van der Waals surface area contributed by atoms with Crippen molar-refractivity contribution in [1.82, 2.24) is 0 Å². The van der Waals surface area contributed by atoms with Crippen LogP contribution < -0.4 is 10.6 Å². The standard InChI is InChI=1S/C13H19BrN2O/c1-16(12-5-7-17-9-12)13-3-2-11(14)8-10(13)4-6-15/h2-3,8,12H,4-7,9,15H2,1H3. The second-order valence-corrected chi connectivity index (χ2v) is 5.36. The quantitative estimate of drug-likeness (QED) is 0.926. The fourth-order valence-corrected chi connectivity index (χ4v) is 2.69. The zero-order valence-corrected chi connectivity index (χ0v) is 11.7. The number of nitrogens with zero attached hydrogens (tertiary/aromatic N) is 1. The van der Waals surface area contributed by atoms with Gasteiger partial charge in [0.05, 0.1) is 12.6 Å². The number of ether oxygens (including phenoxy) is 1. The summed E-state index contributed by atoms with van der Waals surface area (Å²) in [4.78, 5) is 2.32. The molecule has 1 aromatic rings. The Bertz CT molecular complexity index is 378. The predicted octanol–water partition coefficient (Wildman–Crippen LogP) is 2.18. The number of hydrogen-bond acceptors (Lipinski definition) is 3. The van der Waals surface area contributed by atoms with E-state index < -0.39 is 0 Å². The summed E-state index contributed by atoms with van der Waals surface area (Å²) >= 11 is 3.51. The van der Waals surface area contributed by atoms with E-state index in [1.54, 1.807) is 0 Å². The molecular weight excluding hydrogens is 280 g/mol. The Labute approximate surface area is 111 Å². The van der Waals surface area contributed by atoms with Crippen LogP contribution in [0.3, 0.4) is 0 Å². The van der Waals surface area contributed by atoms with Gasteiger partial charge in [-0.15, -0.1) is 0 Å². The zero-order chi connectivity index (χ0) is 12.3. The molecule has 3 nitrogen and oxygen atoms in total. The number of rotatable bonds is 4. The molecule has 0 aliphatic carbocycles. The molecule has 1 heterocycles. The lowest BCUT2D eigenvalue weighted by Crippen LogP contribution is -2.32. The molecule has 2 rings (SSSR count). The molecule has 0 amide bonds. The molecule has 2 N–H and O–H groups in total. The van der Waals surface area contributed by atoms with Crippen LogP contribution >= 0.6 is 15.9 Å². The van der Waals surface area contributed by atoms with Crippen LogP contribution in [0.25, 0.3) is 0 Å². The maximum Gasteiger partial charge on any atom is 0.0670 e. The molecule has 17 heavy (non-hydrogen) atoms. The molecule has 1 saturated heterocycles. The minimum Gasteiger partial charge on any atom is -0.379 e. The van der Waals surface area contributed by atoms with E-state index in [4.69, 9.17) is 10.5 Å². The first kappa shape index (κ1) is 12.9. The average Bonchev–Trinajstić information content (AvgIpc) is 2.82. The lowest BCUT2D eigenvalue weighted by molar-refractivity contribution is 0.193. The first-order valence-corrected chi connectivity index (χ1v) is 6.80. The molecule has 94 valence electrons. The fourth-order valence-electron chi connectivity index (χ4n) is 2.28. The van der Waals surface area contributed by atoms with Crippen molar-refractivity contribution in [2.75, 3.05) is 31.7 Å². The van der Waals surface area contributed by atoms with E-state index in [2.05, 4.69) is 46.1 Å². The van der Waals surface area contributed by atoms with Crippen molar-refractivity contribution >= 4 is 21.6 Å². The lowest BCUT2D eigenvalue weighted by atomic mass is 10.1. The number of nitrogens with two attached hydrogens (primary N) is 1. The number of anilines is 1. The summed E-state index contributed by atoms with van der Waals surface area (Å²) in [5.41, 5.74) is 8.25. The van der Waals surface area contributed by atoms with E-state index in [-0.39, 0.29) is 0 Å². The molecule has 1 atom stereocenters. The molecule has 0 aromatic heterocycles. The normalized spacial score (nSPS) is 19.6. The van der Waals surface area contributed by atoms with Crippen LogP contribution in [-0.4, -0.2) is 32.8 Å². The van der Waals surface area contributed by atoms with E-state index in [0.29, 0.717) is 12.6 Å². The molecule has 4 heteroatoms. The van der Waals surface area contributed by atoms with Crippen molar-refractivity contribution in [1.29, 1.82) is 0 Å². The number of halogens is 1. The summed E-state index contributed by atoms with van der Waals surface area (Å²) in [5, 5.41) is 0. The van der Waals surface area contributed by atoms with Crippen LogP contribution in [0.1, 0.15) is 12.0 Å². The highest BCUT2D eigenvalue weighted by atomic mass is 79.9. The second-order valence-electron chi connectivity index (χ2n) is 4.44. The highest BCUT2D eigenvalue weighted by Gasteiger charge is 2.22. The Balaban J connectivity index is 2.23. The third-order valence-electron chi connectivity index (χ3n) is 3.29. The van der Waals surface area contributed by atoms with Crippen molar-refractivity contribution in [3.05, 3.63) is 28.2 Å². The third kappa shape index (κ3) is 3.00. The van der Waals surface area contributed by atoms with Crippen LogP contribution in [0.4, 0.5) is 5.69 Å². The average molecular weight is 299 g/mol. The monoisotopic (exact) mass is 298 g/mol. The Hall–Kier alpha value is -0.580. The van der Waals surface area contributed by atoms with E-state index in [0.717, 1.165) is 30.5 Å². The van der Waals surface area contributed by atoms with Crippen LogP contribution in [0.5, 0.6) is 0 Å². The van der Waals surface area contributed by atoms with Gasteiger partial charge in [-0.3, -0.25) is 0 Å². The smallest absolute Gasteiger partial charge is 0.0670 e. The van der Waals surface area contributed by atoms with E-state index in [1.165, 1.54) is 11.3 Å². The van der Waals surface area contributed by atoms with Crippen molar-refractivity contribution in [3.63, 3.8) is 0 Å². The van der Waals surface area contributed by atoms with Gasteiger partial charge in [0.2, 0.25) is 0 Å². The Morgan fingerprint density at radius 3 is 3.00 bits per heavy atom. The molecule has 0 saturated carbocycles. The van der Waals surface area contributed by atoms with Gasteiger partial charge in [-0.25, -0.2) is 0 Å². The van der Waals surface area contributed by atoms with Crippen molar-refractivity contribution in [2.24, 2.45) is 5.73 Å². The van der Waals surface area contributed by atoms with Crippen molar-refractivity contribution in [3.8, 4) is 0 Å². The van der Waals surface area contributed by atoms with Crippen LogP contribution in [0.2, 0.25) is 0 Å². The Kier molecular flexibility index (Phi) is 4.42. The molecule has 1 unspecified atom stereocenters. The van der Waals surface area contributed by atoms with Crippen LogP contribution in [-0.2, 0) is 11.2 Å². The minimum absolute atomic E-state index is 0.493. The van der Waals surface area contributed by atoms with Gasteiger partial charge >= 0.3 is 0 Å². The third-order valence-corrected chi connectivity index (χ3v) is 3.78. The maximum atomic E-state index is 5.67. The number of hydrogen-bond donors (Lipinski definition) is 1. The van der Waals surface area contributed by atoms with Gasteiger partial charge < -0.3 is 15.4 Å². The Morgan fingerprint density at radius 2 is 2.35 bits per heavy atom. The van der Waals surface area contributed by atoms with Gasteiger partial charge in [0.1, 0.15) is 0 Å². The number of likely N-dealkylation sites (N-methyl/N-ethyl adjacent to an activating group) is 1. The summed E-state index contributed by atoms with van der Waals surface area (Å²) < 4.78 is 6.56. The van der Waals surface area contributed by atoms with Crippen LogP contribution in [0.15, 0.2) is 22.7 Å². The second kappa shape index (κ2) is 5.85. The summed E-state index contributed by atoms with van der Waals surface area (Å²) in [6.07, 6.45) is 2.02. The molecule has 1 aromatic carbocycles. The predicted molar refractivity (Wildman–Crippen MR) is 74.5 cm³/mol. The van der Waals surface area contributed by atoms with Crippen molar-refractivity contribution < 1.29 is 4.74 Å². The summed E-state index contributed by atoms with van der Waals surface area (Å²) in [5.74, 6) is 0. The molecule has 1 aliphatic rings. The molecule has 1 aliphatic heterocycles. The van der Waals surface area contributed by atoms with Gasteiger partial charge in [0.15, 0.2) is 0 Å². The fraction of sp³-hybridized carbons (Fsp3) is 0.538. The highest BCUT2D eigenvalue weighted by Crippen LogP contribution is 2.27. The lowest BCUT2D eigenvalue weighted by Gasteiger charge is -2.28. The minimum atomic E-state index is 0.493. The SMILES string of the molecule is CN(c1ccc(Br)cc1CCN)C1CCOC1. The largest absolute Gasteiger partial charge is 0.379 e. The topological polar surface area (TPSA) is 38.5 Å². The van der Waals surface area contributed by atoms with E-state index >= 15 is 0 Å². The molecule has 0 spiro atoms. The van der Waals surface area contributed by atoms with Gasteiger partial charge in [-0.1, -0.05) is 15.9 Å². The zero-order valence-electron chi connectivity index (χ0n) is 10.2. The summed E-state index contributed by atoms with van der Waals surface area (Å²) in [7, 11) is 2.14.